The number of carbonyl (C=O) groups is 1. The maximum absolute atomic E-state index is 14.1. The van der Waals surface area contributed by atoms with E-state index in [1.54, 1.807) is 36.4 Å². The monoisotopic (exact) mass is 509 g/mol. The fourth-order valence-electron chi connectivity index (χ4n) is 4.88. The van der Waals surface area contributed by atoms with Crippen LogP contribution in [0.4, 0.5) is 5.69 Å². The van der Waals surface area contributed by atoms with Gasteiger partial charge in [-0.1, -0.05) is 75.4 Å². The third-order valence-electron chi connectivity index (χ3n) is 7.91. The van der Waals surface area contributed by atoms with E-state index in [0.29, 0.717) is 17.7 Å². The Kier molecular flexibility index (Phi) is 6.27. The molecule has 0 unspecified atom stereocenters. The van der Waals surface area contributed by atoms with Gasteiger partial charge in [-0.05, 0) is 60.8 Å². The zero-order chi connectivity index (χ0) is 25.8. The predicted octanol–water partition coefficient (Wildman–Crippen LogP) is 5.92. The van der Waals surface area contributed by atoms with E-state index < -0.39 is 29.8 Å². The normalized spacial score (nSPS) is 24.4. The Morgan fingerprint density at radius 1 is 1.11 bits per heavy atom. The van der Waals surface area contributed by atoms with Crippen LogP contribution in [0.2, 0.25) is 18.1 Å². The van der Waals surface area contributed by atoms with Crippen LogP contribution in [0.5, 0.6) is 0 Å². The number of hydrogen-bond acceptors (Lipinski definition) is 4. The Labute approximate surface area is 210 Å². The molecule has 2 aromatic rings. The number of aldehydes is 1. The van der Waals surface area contributed by atoms with Crippen LogP contribution < -0.4 is 4.31 Å². The van der Waals surface area contributed by atoms with Gasteiger partial charge in [0.2, 0.25) is 0 Å². The number of benzene rings is 2. The molecule has 4 rings (SSSR count). The summed E-state index contributed by atoms with van der Waals surface area (Å²) in [6.07, 6.45) is 4.55. The van der Waals surface area contributed by atoms with E-state index in [4.69, 9.17) is 4.43 Å². The van der Waals surface area contributed by atoms with Crippen LogP contribution in [0.3, 0.4) is 0 Å². The fraction of sp³-hybridized carbons (Fsp3) is 0.393. The van der Waals surface area contributed by atoms with Gasteiger partial charge in [-0.3, -0.25) is 4.31 Å². The summed E-state index contributed by atoms with van der Waals surface area (Å²) < 4.78 is 36.4. The van der Waals surface area contributed by atoms with Crippen LogP contribution in [0, 0.1) is 6.92 Å². The number of carbonyl (C=O) groups excluding carboxylic acids is 1. The van der Waals surface area contributed by atoms with Gasteiger partial charge in [-0.2, -0.15) is 0 Å². The number of rotatable bonds is 6. The van der Waals surface area contributed by atoms with E-state index in [1.807, 2.05) is 31.2 Å². The first-order valence-electron chi connectivity index (χ1n) is 12.0. The van der Waals surface area contributed by atoms with Crippen molar-refractivity contribution >= 4 is 30.3 Å². The van der Waals surface area contributed by atoms with Crippen molar-refractivity contribution in [1.82, 2.24) is 0 Å². The zero-order valence-electron chi connectivity index (χ0n) is 21.4. The van der Waals surface area contributed by atoms with E-state index in [2.05, 4.69) is 40.4 Å². The van der Waals surface area contributed by atoms with Crippen molar-refractivity contribution in [2.24, 2.45) is 0 Å². The molecule has 0 amide bonds. The minimum absolute atomic E-state index is 0.0230. The van der Waals surface area contributed by atoms with Crippen molar-refractivity contribution in [3.8, 4) is 0 Å². The van der Waals surface area contributed by atoms with Gasteiger partial charge in [0.05, 0.1) is 28.1 Å². The van der Waals surface area contributed by atoms with Crippen LogP contribution in [-0.4, -0.2) is 35.2 Å². The summed E-state index contributed by atoms with van der Waals surface area (Å²) in [6, 6.07) is 13.5. The SMILES string of the molecule is C=CC1=C[C@@]2(C=O)c3ccccc3N(S(=O)(=O)c3ccc(C)cc3)[C@H]2C[C@@H]1O[Si](C)(C)C(C)(C)C. The number of aryl methyl sites for hydroxylation is 1. The van der Waals surface area contributed by atoms with Crippen LogP contribution in [0.1, 0.15) is 38.3 Å². The third kappa shape index (κ3) is 4.03. The highest BCUT2D eigenvalue weighted by atomic mass is 32.2. The highest BCUT2D eigenvalue weighted by Crippen LogP contribution is 2.53. The molecular weight excluding hydrogens is 474 g/mol. The molecule has 0 aromatic heterocycles. The molecule has 3 atom stereocenters. The quantitative estimate of drug-likeness (QED) is 0.358. The summed E-state index contributed by atoms with van der Waals surface area (Å²) in [5, 5.41) is -0.0230. The summed E-state index contributed by atoms with van der Waals surface area (Å²) in [5.41, 5.74) is 1.94. The Morgan fingerprint density at radius 2 is 1.74 bits per heavy atom. The molecule has 1 heterocycles. The number of anilines is 1. The number of sulfonamides is 1. The molecule has 186 valence electrons. The first-order valence-corrected chi connectivity index (χ1v) is 16.3. The van der Waals surface area contributed by atoms with E-state index in [0.717, 1.165) is 17.4 Å². The molecule has 0 N–H and O–H groups in total. The lowest BCUT2D eigenvalue weighted by molar-refractivity contribution is -0.111. The molecule has 0 spiro atoms. The van der Waals surface area contributed by atoms with Crippen LogP contribution in [-0.2, 0) is 24.7 Å². The van der Waals surface area contributed by atoms with E-state index in [9.17, 15) is 13.2 Å². The average Bonchev–Trinajstić information content (AvgIpc) is 3.08. The van der Waals surface area contributed by atoms with Gasteiger partial charge in [-0.15, -0.1) is 0 Å². The molecule has 7 heteroatoms. The van der Waals surface area contributed by atoms with E-state index >= 15 is 0 Å². The van der Waals surface area contributed by atoms with Crippen LogP contribution in [0.25, 0.3) is 0 Å². The summed E-state index contributed by atoms with van der Waals surface area (Å²) in [4.78, 5) is 13.1. The molecule has 2 aliphatic rings. The molecule has 1 aliphatic heterocycles. The van der Waals surface area contributed by atoms with Gasteiger partial charge < -0.3 is 9.22 Å². The first kappa shape index (κ1) is 25.6. The van der Waals surface area contributed by atoms with Crippen molar-refractivity contribution in [2.75, 3.05) is 4.31 Å². The first-order chi connectivity index (χ1) is 16.3. The maximum atomic E-state index is 14.1. The van der Waals surface area contributed by atoms with Gasteiger partial charge in [0, 0.05) is 0 Å². The second kappa shape index (κ2) is 8.57. The lowest BCUT2D eigenvalue weighted by atomic mass is 9.70. The number of nitrogens with zero attached hydrogens (tertiary/aromatic N) is 1. The molecule has 2 aromatic carbocycles. The van der Waals surface area contributed by atoms with Crippen molar-refractivity contribution in [3.63, 3.8) is 0 Å². The lowest BCUT2D eigenvalue weighted by Gasteiger charge is -2.45. The van der Waals surface area contributed by atoms with Gasteiger partial charge >= 0.3 is 0 Å². The molecular formula is C28H35NO4SSi. The fourth-order valence-corrected chi connectivity index (χ4v) is 7.90. The van der Waals surface area contributed by atoms with Crippen molar-refractivity contribution in [3.05, 3.63) is 84.0 Å². The van der Waals surface area contributed by atoms with Crippen molar-refractivity contribution < 1.29 is 17.6 Å². The Balaban J connectivity index is 1.90. The maximum Gasteiger partial charge on any atom is 0.264 e. The highest BCUT2D eigenvalue weighted by molar-refractivity contribution is 7.93. The summed E-state index contributed by atoms with van der Waals surface area (Å²) >= 11 is 0. The van der Waals surface area contributed by atoms with E-state index in [-0.39, 0.29) is 16.0 Å². The molecule has 1 aliphatic carbocycles. The van der Waals surface area contributed by atoms with Gasteiger partial charge in [-0.25, -0.2) is 8.42 Å². The smallest absolute Gasteiger partial charge is 0.264 e. The van der Waals surface area contributed by atoms with Gasteiger partial charge in [0.1, 0.15) is 6.29 Å². The summed E-state index contributed by atoms with van der Waals surface area (Å²) in [5.74, 6) is 0. The van der Waals surface area contributed by atoms with Crippen molar-refractivity contribution in [1.29, 1.82) is 0 Å². The molecule has 5 nitrogen and oxygen atoms in total. The van der Waals surface area contributed by atoms with Crippen LogP contribution in [0.15, 0.2) is 77.7 Å². The van der Waals surface area contributed by atoms with Crippen molar-refractivity contribution in [2.45, 2.75) is 74.7 Å². The van der Waals surface area contributed by atoms with Crippen LogP contribution >= 0.6 is 0 Å². The number of fused-ring (bicyclic) bond motifs is 3. The topological polar surface area (TPSA) is 63.7 Å². The zero-order valence-corrected chi connectivity index (χ0v) is 23.2. The second-order valence-electron chi connectivity index (χ2n) is 11.1. The summed E-state index contributed by atoms with van der Waals surface area (Å²) in [7, 11) is -6.12. The Morgan fingerprint density at radius 3 is 2.31 bits per heavy atom. The third-order valence-corrected chi connectivity index (χ3v) is 14.2. The van der Waals surface area contributed by atoms with Gasteiger partial charge in [0.25, 0.3) is 10.0 Å². The highest BCUT2D eigenvalue weighted by Gasteiger charge is 2.57. The Hall–Kier alpha value is -2.48. The van der Waals surface area contributed by atoms with Gasteiger partial charge in [0.15, 0.2) is 8.32 Å². The second-order valence-corrected chi connectivity index (χ2v) is 17.7. The lowest BCUT2D eigenvalue weighted by Crippen LogP contribution is -2.54. The largest absolute Gasteiger partial charge is 0.410 e. The number of hydrogen-bond donors (Lipinski definition) is 0. The average molecular weight is 510 g/mol. The molecule has 0 fully saturated rings. The standard InChI is InChI=1S/C28H35NO4SSi/c1-8-21-18-28(19-30)23-11-9-10-12-24(23)29(34(31,32)22-15-13-20(2)14-16-22)26(28)17-25(21)33-35(6,7)27(3,4)5/h8-16,18-19,25-26H,1,17H2,2-7H3/t25-,26-,28+/m0/s1. The molecule has 35 heavy (non-hydrogen) atoms. The molecule has 0 bridgehead atoms. The molecule has 0 saturated heterocycles. The number of para-hydroxylation sites is 1. The Bertz CT molecular complexity index is 1290. The minimum atomic E-state index is -3.93. The van der Waals surface area contributed by atoms with E-state index in [1.165, 1.54) is 4.31 Å². The molecule has 0 radical (unpaired) electrons. The molecule has 0 saturated carbocycles. The predicted molar refractivity (Wildman–Crippen MR) is 144 cm³/mol. The summed E-state index contributed by atoms with van der Waals surface area (Å²) in [6.45, 7) is 16.8. The minimum Gasteiger partial charge on any atom is -0.410 e.